The number of carbonyl (C=O) groups excluding carboxylic acids is 1. The first kappa shape index (κ1) is 15.1. The third kappa shape index (κ3) is 2.90. The fraction of sp³-hybridized carbons (Fsp3) is 0.143. The number of sulfonamides is 1. The summed E-state index contributed by atoms with van der Waals surface area (Å²) in [6.07, 6.45) is 1.55. The number of amides is 1. The molecule has 0 radical (unpaired) electrons. The second kappa shape index (κ2) is 5.76. The van der Waals surface area contributed by atoms with Gasteiger partial charge in [-0.05, 0) is 18.6 Å². The maximum Gasteiger partial charge on any atom is 0.299 e. The van der Waals surface area contributed by atoms with Gasteiger partial charge < -0.3 is 0 Å². The van der Waals surface area contributed by atoms with E-state index in [1.54, 1.807) is 6.07 Å². The molecule has 0 aliphatic heterocycles. The fourth-order valence-electron chi connectivity index (χ4n) is 2.17. The van der Waals surface area contributed by atoms with Crippen molar-refractivity contribution in [3.8, 4) is 0 Å². The Morgan fingerprint density at radius 2 is 2.09 bits per heavy atom. The third-order valence-electron chi connectivity index (χ3n) is 3.26. The maximum atomic E-state index is 12.4. The molecule has 23 heavy (non-hydrogen) atoms. The largest absolute Gasteiger partial charge is 0.299 e. The minimum absolute atomic E-state index is 0.217. The van der Waals surface area contributed by atoms with Crippen molar-refractivity contribution in [1.29, 1.82) is 0 Å². The lowest BCUT2D eigenvalue weighted by Crippen LogP contribution is -2.32. The topological polar surface area (TPSA) is 118 Å². The van der Waals surface area contributed by atoms with E-state index in [4.69, 9.17) is 0 Å². The lowest BCUT2D eigenvalue weighted by molar-refractivity contribution is 0.0980. The molecule has 0 saturated heterocycles. The minimum Gasteiger partial charge on any atom is -0.268 e. The number of aromatic nitrogens is 4. The molecule has 9 heteroatoms. The van der Waals surface area contributed by atoms with Crippen molar-refractivity contribution in [2.24, 2.45) is 0 Å². The van der Waals surface area contributed by atoms with Gasteiger partial charge >= 0.3 is 0 Å². The van der Waals surface area contributed by atoms with Gasteiger partial charge in [0.05, 0.1) is 16.8 Å². The Labute approximate surface area is 132 Å². The van der Waals surface area contributed by atoms with Gasteiger partial charge in [0.15, 0.2) is 0 Å². The van der Waals surface area contributed by atoms with Crippen LogP contribution in [-0.4, -0.2) is 34.5 Å². The number of benzene rings is 1. The second-order valence-electron chi connectivity index (χ2n) is 4.75. The lowest BCUT2D eigenvalue weighted by atomic mass is 10.1. The number of hydrogen-bond donors (Lipinski definition) is 2. The summed E-state index contributed by atoms with van der Waals surface area (Å²) in [6, 6.07) is 8.95. The molecule has 8 nitrogen and oxygen atoms in total. The van der Waals surface area contributed by atoms with Crippen molar-refractivity contribution in [3.63, 3.8) is 0 Å². The third-order valence-corrected chi connectivity index (χ3v) is 4.42. The standard InChI is InChI=1S/C14H13N5O3S/c1-2-11-10(7-9-5-3-4-6-12(9)17-11)13(20)19-23(21,22)14-15-8-16-18-14/h3-8H,2H2,1H3,(H,19,20)(H,15,16,18). The van der Waals surface area contributed by atoms with Crippen LogP contribution in [0.15, 0.2) is 41.8 Å². The van der Waals surface area contributed by atoms with E-state index in [-0.39, 0.29) is 5.56 Å². The molecule has 0 spiro atoms. The number of aromatic amines is 1. The summed E-state index contributed by atoms with van der Waals surface area (Å²) >= 11 is 0. The molecule has 2 aromatic heterocycles. The molecular formula is C14H13N5O3S. The SMILES string of the molecule is CCc1nc2ccccc2cc1C(=O)NS(=O)(=O)c1ncn[nH]1. The number of carbonyl (C=O) groups is 1. The summed E-state index contributed by atoms with van der Waals surface area (Å²) in [6.45, 7) is 1.85. The average Bonchev–Trinajstić information content (AvgIpc) is 3.08. The van der Waals surface area contributed by atoms with E-state index in [0.717, 1.165) is 17.2 Å². The van der Waals surface area contributed by atoms with E-state index >= 15 is 0 Å². The first-order valence-corrected chi connectivity index (χ1v) is 8.31. The van der Waals surface area contributed by atoms with Crippen molar-refractivity contribution in [1.82, 2.24) is 24.9 Å². The van der Waals surface area contributed by atoms with E-state index in [1.807, 2.05) is 35.9 Å². The van der Waals surface area contributed by atoms with Gasteiger partial charge in [0, 0.05) is 5.39 Å². The van der Waals surface area contributed by atoms with Crippen molar-refractivity contribution in [3.05, 3.63) is 47.9 Å². The van der Waals surface area contributed by atoms with E-state index in [1.165, 1.54) is 0 Å². The van der Waals surface area contributed by atoms with Crippen LogP contribution in [0, 0.1) is 0 Å². The van der Waals surface area contributed by atoms with Gasteiger partial charge in [-0.2, -0.15) is 13.5 Å². The molecule has 2 heterocycles. The molecule has 0 saturated carbocycles. The first-order valence-electron chi connectivity index (χ1n) is 6.82. The van der Waals surface area contributed by atoms with Crippen LogP contribution in [0.5, 0.6) is 0 Å². The number of fused-ring (bicyclic) bond motifs is 1. The summed E-state index contributed by atoms with van der Waals surface area (Å²) in [5.41, 5.74) is 1.49. The Morgan fingerprint density at radius 1 is 1.30 bits per heavy atom. The highest BCUT2D eigenvalue weighted by Gasteiger charge is 2.23. The summed E-state index contributed by atoms with van der Waals surface area (Å²) in [4.78, 5) is 20.3. The molecule has 0 aliphatic carbocycles. The Hall–Kier alpha value is -2.81. The molecule has 0 fully saturated rings. The fourth-order valence-corrected chi connectivity index (χ4v) is 2.98. The minimum atomic E-state index is -4.10. The van der Waals surface area contributed by atoms with E-state index in [2.05, 4.69) is 20.2 Å². The molecule has 3 rings (SSSR count). The number of rotatable bonds is 4. The normalized spacial score (nSPS) is 11.5. The number of aryl methyl sites for hydroxylation is 1. The van der Waals surface area contributed by atoms with Gasteiger partial charge in [-0.15, -0.1) is 0 Å². The molecule has 0 atom stereocenters. The quantitative estimate of drug-likeness (QED) is 0.737. The second-order valence-corrected chi connectivity index (χ2v) is 6.35. The number of para-hydroxylation sites is 1. The predicted molar refractivity (Wildman–Crippen MR) is 82.2 cm³/mol. The molecule has 118 valence electrons. The van der Waals surface area contributed by atoms with Crippen LogP contribution in [0.25, 0.3) is 10.9 Å². The number of H-pyrrole nitrogens is 1. The van der Waals surface area contributed by atoms with Gasteiger partial charge in [0.25, 0.3) is 21.1 Å². The van der Waals surface area contributed by atoms with Crippen molar-refractivity contribution >= 4 is 26.8 Å². The summed E-state index contributed by atoms with van der Waals surface area (Å²) < 4.78 is 26.1. The monoisotopic (exact) mass is 331 g/mol. The molecule has 1 aromatic carbocycles. The predicted octanol–water partition coefficient (Wildman–Crippen LogP) is 1.03. The average molecular weight is 331 g/mol. The molecule has 1 amide bonds. The first-order chi connectivity index (χ1) is 11.0. The Balaban J connectivity index is 2.00. The van der Waals surface area contributed by atoms with Gasteiger partial charge in [-0.3, -0.25) is 9.78 Å². The molecule has 0 aliphatic rings. The summed E-state index contributed by atoms with van der Waals surface area (Å²) in [7, 11) is -4.10. The van der Waals surface area contributed by atoms with Crippen LogP contribution in [-0.2, 0) is 16.4 Å². The molecule has 3 aromatic rings. The highest BCUT2D eigenvalue weighted by molar-refractivity contribution is 7.89. The Kier molecular flexibility index (Phi) is 3.78. The van der Waals surface area contributed by atoms with Gasteiger partial charge in [-0.25, -0.2) is 14.8 Å². The van der Waals surface area contributed by atoms with E-state index in [9.17, 15) is 13.2 Å². The highest BCUT2D eigenvalue weighted by atomic mass is 32.2. The summed E-state index contributed by atoms with van der Waals surface area (Å²) in [5.74, 6) is -0.753. The zero-order valence-corrected chi connectivity index (χ0v) is 13.0. The van der Waals surface area contributed by atoms with Crippen molar-refractivity contribution in [2.45, 2.75) is 18.5 Å². The molecule has 0 unspecified atom stereocenters. The summed E-state index contributed by atoms with van der Waals surface area (Å²) in [5, 5.41) is 6.01. The van der Waals surface area contributed by atoms with Gasteiger partial charge in [0.2, 0.25) is 0 Å². The Morgan fingerprint density at radius 3 is 2.78 bits per heavy atom. The molecule has 2 N–H and O–H groups in total. The van der Waals surface area contributed by atoms with Crippen LogP contribution in [0.3, 0.4) is 0 Å². The smallest absolute Gasteiger partial charge is 0.268 e. The van der Waals surface area contributed by atoms with Crippen molar-refractivity contribution in [2.75, 3.05) is 0 Å². The number of pyridine rings is 1. The van der Waals surface area contributed by atoms with Crippen molar-refractivity contribution < 1.29 is 13.2 Å². The van der Waals surface area contributed by atoms with Crippen LogP contribution < -0.4 is 4.72 Å². The zero-order chi connectivity index (χ0) is 16.4. The molecule has 0 bridgehead atoms. The maximum absolute atomic E-state index is 12.4. The highest BCUT2D eigenvalue weighted by Crippen LogP contribution is 2.17. The Bertz CT molecular complexity index is 967. The zero-order valence-electron chi connectivity index (χ0n) is 12.1. The van der Waals surface area contributed by atoms with Gasteiger partial charge in [-0.1, -0.05) is 25.1 Å². The lowest BCUT2D eigenvalue weighted by Gasteiger charge is -2.09. The number of hydrogen-bond acceptors (Lipinski definition) is 6. The van der Waals surface area contributed by atoms with E-state index < -0.39 is 21.1 Å². The van der Waals surface area contributed by atoms with Crippen LogP contribution in [0.1, 0.15) is 23.0 Å². The number of nitrogens with one attached hydrogen (secondary N) is 2. The van der Waals surface area contributed by atoms with E-state index in [0.29, 0.717) is 12.1 Å². The molecular weight excluding hydrogens is 318 g/mol. The van der Waals surface area contributed by atoms with Crippen LogP contribution >= 0.6 is 0 Å². The van der Waals surface area contributed by atoms with Crippen LogP contribution in [0.2, 0.25) is 0 Å². The number of nitrogens with zero attached hydrogens (tertiary/aromatic N) is 3. The van der Waals surface area contributed by atoms with Crippen LogP contribution in [0.4, 0.5) is 0 Å². The van der Waals surface area contributed by atoms with Gasteiger partial charge in [0.1, 0.15) is 6.33 Å².